The molecule has 0 spiro atoms. The zero-order chi connectivity index (χ0) is 16.7. The van der Waals surface area contributed by atoms with Crippen LogP contribution in [0.4, 0.5) is 5.00 Å². The molecule has 23 heavy (non-hydrogen) atoms. The lowest BCUT2D eigenvalue weighted by Crippen LogP contribution is -2.24. The zero-order valence-electron chi connectivity index (χ0n) is 12.1. The van der Waals surface area contributed by atoms with Crippen molar-refractivity contribution >= 4 is 28.5 Å². The quantitative estimate of drug-likeness (QED) is 0.474. The summed E-state index contributed by atoms with van der Waals surface area (Å²) < 4.78 is 10.3. The predicted octanol–water partition coefficient (Wildman–Crippen LogP) is 2.19. The Labute approximate surface area is 135 Å². The van der Waals surface area contributed by atoms with Gasteiger partial charge in [0.25, 0.3) is 5.91 Å². The van der Waals surface area contributed by atoms with E-state index in [-0.39, 0.29) is 11.6 Å². The van der Waals surface area contributed by atoms with Gasteiger partial charge < -0.3 is 9.47 Å². The number of hydrazone groups is 1. The maximum atomic E-state index is 11.6. The van der Waals surface area contributed by atoms with Crippen molar-refractivity contribution in [3.8, 4) is 11.5 Å². The van der Waals surface area contributed by atoms with E-state index in [1.807, 2.05) is 0 Å². The van der Waals surface area contributed by atoms with Crippen molar-refractivity contribution in [3.63, 3.8) is 0 Å². The van der Waals surface area contributed by atoms with Crippen LogP contribution in [0.5, 0.6) is 11.5 Å². The number of rotatable bonds is 7. The van der Waals surface area contributed by atoms with Crippen LogP contribution in [0.1, 0.15) is 4.88 Å². The van der Waals surface area contributed by atoms with E-state index in [2.05, 4.69) is 10.5 Å². The molecule has 9 heteroatoms. The van der Waals surface area contributed by atoms with Gasteiger partial charge in [0.15, 0.2) is 6.61 Å². The van der Waals surface area contributed by atoms with Crippen molar-refractivity contribution in [2.45, 2.75) is 0 Å². The Bertz CT molecular complexity index is 711. The zero-order valence-corrected chi connectivity index (χ0v) is 12.9. The van der Waals surface area contributed by atoms with Crippen molar-refractivity contribution in [2.75, 3.05) is 13.7 Å². The minimum Gasteiger partial charge on any atom is -0.497 e. The summed E-state index contributed by atoms with van der Waals surface area (Å²) in [5, 5.41) is 14.3. The number of thiophene rings is 1. The molecule has 1 heterocycles. The van der Waals surface area contributed by atoms with Crippen molar-refractivity contribution in [2.24, 2.45) is 5.10 Å². The maximum Gasteiger partial charge on any atom is 0.324 e. The van der Waals surface area contributed by atoms with Gasteiger partial charge in [-0.25, -0.2) is 5.43 Å². The summed E-state index contributed by atoms with van der Waals surface area (Å²) in [6, 6.07) is 9.72. The van der Waals surface area contributed by atoms with Gasteiger partial charge in [0.2, 0.25) is 0 Å². The highest BCUT2D eigenvalue weighted by Crippen LogP contribution is 2.22. The van der Waals surface area contributed by atoms with E-state index >= 15 is 0 Å². The first-order chi connectivity index (χ1) is 11.1. The normalized spacial score (nSPS) is 10.5. The summed E-state index contributed by atoms with van der Waals surface area (Å²) in [4.78, 5) is 22.2. The lowest BCUT2D eigenvalue weighted by molar-refractivity contribution is -0.380. The highest BCUT2D eigenvalue weighted by molar-refractivity contribution is 7.16. The summed E-state index contributed by atoms with van der Waals surface area (Å²) in [5.74, 6) is 0.776. The first-order valence-electron chi connectivity index (χ1n) is 6.41. The Morgan fingerprint density at radius 1 is 1.30 bits per heavy atom. The van der Waals surface area contributed by atoms with E-state index in [4.69, 9.17) is 9.47 Å². The number of nitro groups is 1. The highest BCUT2D eigenvalue weighted by Gasteiger charge is 2.08. The molecule has 2 rings (SSSR count). The van der Waals surface area contributed by atoms with E-state index in [0.717, 1.165) is 11.3 Å². The van der Waals surface area contributed by atoms with Gasteiger partial charge in [-0.3, -0.25) is 14.9 Å². The first-order valence-corrected chi connectivity index (χ1v) is 7.23. The molecule has 8 nitrogen and oxygen atoms in total. The summed E-state index contributed by atoms with van der Waals surface area (Å²) >= 11 is 0.964. The topological polar surface area (TPSA) is 103 Å². The molecule has 1 aromatic heterocycles. The van der Waals surface area contributed by atoms with Crippen molar-refractivity contribution < 1.29 is 19.2 Å². The number of carbonyl (C=O) groups is 1. The Morgan fingerprint density at radius 3 is 2.61 bits per heavy atom. The Morgan fingerprint density at radius 2 is 2.00 bits per heavy atom. The smallest absolute Gasteiger partial charge is 0.324 e. The SMILES string of the molecule is COc1ccc(OCC(=O)N/N=C\c2ccc([N+](=O)[O-])s2)cc1. The van der Waals surface area contributed by atoms with Gasteiger partial charge in [0.1, 0.15) is 11.5 Å². The van der Waals surface area contributed by atoms with E-state index in [1.165, 1.54) is 12.3 Å². The Balaban J connectivity index is 1.77. The van der Waals surface area contributed by atoms with Crippen LogP contribution in [0.3, 0.4) is 0 Å². The molecule has 0 unspecified atom stereocenters. The molecule has 0 aliphatic heterocycles. The number of nitrogens with one attached hydrogen (secondary N) is 1. The molecule has 0 fully saturated rings. The fourth-order valence-corrected chi connectivity index (χ4v) is 2.22. The van der Waals surface area contributed by atoms with Crippen LogP contribution in [0.25, 0.3) is 0 Å². The third-order valence-corrected chi connectivity index (χ3v) is 3.57. The third-order valence-electron chi connectivity index (χ3n) is 2.60. The number of benzene rings is 1. The third kappa shape index (κ3) is 5.08. The van der Waals surface area contributed by atoms with Crippen LogP contribution in [-0.2, 0) is 4.79 Å². The summed E-state index contributed by atoms with van der Waals surface area (Å²) in [5.41, 5.74) is 2.28. The number of methoxy groups -OCH3 is 1. The second kappa shape index (κ2) is 7.90. The van der Waals surface area contributed by atoms with Gasteiger partial charge in [-0.15, -0.1) is 0 Å². The fraction of sp³-hybridized carbons (Fsp3) is 0.143. The van der Waals surface area contributed by atoms with Crippen LogP contribution < -0.4 is 14.9 Å². The molecule has 0 aliphatic rings. The van der Waals surface area contributed by atoms with Crippen molar-refractivity contribution in [1.29, 1.82) is 0 Å². The summed E-state index contributed by atoms with van der Waals surface area (Å²) in [6.07, 6.45) is 1.34. The minimum atomic E-state index is -0.483. The Hall–Kier alpha value is -2.94. The molecule has 120 valence electrons. The van der Waals surface area contributed by atoms with Crippen LogP contribution in [0.2, 0.25) is 0 Å². The molecule has 0 radical (unpaired) electrons. The number of nitrogens with zero attached hydrogens (tertiary/aromatic N) is 2. The Kier molecular flexibility index (Phi) is 5.64. The maximum absolute atomic E-state index is 11.6. The van der Waals surface area contributed by atoms with Crippen molar-refractivity contribution in [3.05, 3.63) is 51.4 Å². The second-order valence-electron chi connectivity index (χ2n) is 4.19. The molecule has 0 aliphatic carbocycles. The first kappa shape index (κ1) is 16.4. The number of hydrogen-bond acceptors (Lipinski definition) is 7. The standard InChI is InChI=1S/C14H13N3O5S/c1-21-10-2-4-11(5-3-10)22-9-13(18)16-15-8-12-6-7-14(23-12)17(19)20/h2-8H,9H2,1H3,(H,16,18)/b15-8-. The van der Waals surface area contributed by atoms with Gasteiger partial charge in [0.05, 0.1) is 23.1 Å². The van der Waals surface area contributed by atoms with E-state index in [1.54, 1.807) is 37.4 Å². The van der Waals surface area contributed by atoms with Gasteiger partial charge in [0, 0.05) is 6.07 Å². The van der Waals surface area contributed by atoms with Gasteiger partial charge in [-0.2, -0.15) is 5.10 Å². The average Bonchev–Trinajstić information content (AvgIpc) is 3.02. The molecule has 1 aromatic carbocycles. The summed E-state index contributed by atoms with van der Waals surface area (Å²) in [6.45, 7) is -0.200. The lowest BCUT2D eigenvalue weighted by Gasteiger charge is -2.05. The second-order valence-corrected chi connectivity index (χ2v) is 5.28. The molecule has 1 amide bonds. The van der Waals surface area contributed by atoms with E-state index < -0.39 is 10.8 Å². The van der Waals surface area contributed by atoms with E-state index in [0.29, 0.717) is 16.4 Å². The number of ether oxygens (including phenoxy) is 2. The molecular weight excluding hydrogens is 322 g/mol. The number of amides is 1. The number of hydrogen-bond donors (Lipinski definition) is 1. The van der Waals surface area contributed by atoms with Crippen LogP contribution >= 0.6 is 11.3 Å². The molecule has 2 aromatic rings. The largest absolute Gasteiger partial charge is 0.497 e. The minimum absolute atomic E-state index is 0.0145. The monoisotopic (exact) mass is 335 g/mol. The van der Waals surface area contributed by atoms with Gasteiger partial charge in [-0.1, -0.05) is 11.3 Å². The molecule has 1 N–H and O–H groups in total. The number of carbonyl (C=O) groups excluding carboxylic acids is 1. The van der Waals surface area contributed by atoms with Gasteiger partial charge >= 0.3 is 5.00 Å². The van der Waals surface area contributed by atoms with Crippen LogP contribution in [-0.4, -0.2) is 30.8 Å². The summed E-state index contributed by atoms with van der Waals surface area (Å²) in [7, 11) is 1.56. The lowest BCUT2D eigenvalue weighted by atomic mass is 10.3. The molecule has 0 saturated heterocycles. The molecule has 0 bridgehead atoms. The molecular formula is C14H13N3O5S. The van der Waals surface area contributed by atoms with Gasteiger partial charge in [-0.05, 0) is 30.3 Å². The van der Waals surface area contributed by atoms with Crippen LogP contribution in [0.15, 0.2) is 41.5 Å². The predicted molar refractivity (Wildman–Crippen MR) is 85.2 cm³/mol. The molecule has 0 saturated carbocycles. The average molecular weight is 335 g/mol. The van der Waals surface area contributed by atoms with E-state index in [9.17, 15) is 14.9 Å². The van der Waals surface area contributed by atoms with Crippen LogP contribution in [0, 0.1) is 10.1 Å². The molecule has 0 atom stereocenters. The fourth-order valence-electron chi connectivity index (χ4n) is 1.53. The highest BCUT2D eigenvalue weighted by atomic mass is 32.1. The van der Waals surface area contributed by atoms with Crippen molar-refractivity contribution in [1.82, 2.24) is 5.43 Å².